The molecule has 1 aromatic heterocycles. The number of nitrogens with one attached hydrogen (secondary N) is 2. The minimum Gasteiger partial charge on any atom is -0.338 e. The van der Waals surface area contributed by atoms with E-state index in [1.165, 1.54) is 29.1 Å². The first kappa shape index (κ1) is 18.6. The topological polar surface area (TPSA) is 102 Å². The molecule has 0 bridgehead atoms. The Hall–Kier alpha value is -2.74. The maximum atomic E-state index is 13.0. The van der Waals surface area contributed by atoms with Crippen LogP contribution in [0.3, 0.4) is 0 Å². The maximum absolute atomic E-state index is 13.0. The van der Waals surface area contributed by atoms with Gasteiger partial charge in [0.25, 0.3) is 0 Å². The van der Waals surface area contributed by atoms with Crippen LogP contribution < -0.4 is 21.8 Å². The van der Waals surface area contributed by atoms with Gasteiger partial charge < -0.3 is 16.4 Å². The van der Waals surface area contributed by atoms with Crippen molar-refractivity contribution in [3.63, 3.8) is 0 Å². The van der Waals surface area contributed by atoms with Gasteiger partial charge in [0.05, 0.1) is 11.7 Å². The Kier molecular flexibility index (Phi) is 6.24. The molecule has 4 N–H and O–H groups in total. The van der Waals surface area contributed by atoms with E-state index >= 15 is 0 Å². The van der Waals surface area contributed by atoms with Crippen molar-refractivity contribution in [1.82, 2.24) is 20.4 Å². The maximum Gasteiger partial charge on any atom is 0.314 e. The molecule has 7 nitrogen and oxygen atoms in total. The number of amides is 2. The molecule has 0 spiro atoms. The van der Waals surface area contributed by atoms with Crippen LogP contribution in [-0.2, 0) is 0 Å². The van der Waals surface area contributed by atoms with E-state index in [-0.39, 0.29) is 29.0 Å². The SMILES string of the molecule is CC(C)NC(=O)NCCC(N)c1nn(-c2ccc(F)cc2)ccc1=O. The van der Waals surface area contributed by atoms with E-state index in [0.29, 0.717) is 18.7 Å². The summed E-state index contributed by atoms with van der Waals surface area (Å²) in [7, 11) is 0. The van der Waals surface area contributed by atoms with Crippen LogP contribution in [0.25, 0.3) is 5.69 Å². The van der Waals surface area contributed by atoms with Crippen LogP contribution in [0.2, 0.25) is 0 Å². The second-order valence-electron chi connectivity index (χ2n) is 5.94. The molecule has 2 rings (SSSR count). The summed E-state index contributed by atoms with van der Waals surface area (Å²) in [4.78, 5) is 23.6. The monoisotopic (exact) mass is 347 g/mol. The molecule has 2 amide bonds. The van der Waals surface area contributed by atoms with E-state index in [0.717, 1.165) is 0 Å². The average molecular weight is 347 g/mol. The number of hydrogen-bond acceptors (Lipinski definition) is 4. The Morgan fingerprint density at radius 1 is 1.28 bits per heavy atom. The minimum absolute atomic E-state index is 0.0346. The minimum atomic E-state index is -0.625. The molecule has 0 radical (unpaired) electrons. The van der Waals surface area contributed by atoms with Crippen LogP contribution >= 0.6 is 0 Å². The van der Waals surface area contributed by atoms with Gasteiger partial charge >= 0.3 is 6.03 Å². The lowest BCUT2D eigenvalue weighted by atomic mass is 10.1. The summed E-state index contributed by atoms with van der Waals surface area (Å²) in [5.41, 5.74) is 6.57. The fraction of sp³-hybridized carbons (Fsp3) is 0.353. The molecule has 0 saturated carbocycles. The summed E-state index contributed by atoms with van der Waals surface area (Å²) in [6, 6.07) is 6.22. The van der Waals surface area contributed by atoms with Crippen molar-refractivity contribution in [3.8, 4) is 5.69 Å². The second-order valence-corrected chi connectivity index (χ2v) is 5.94. The zero-order chi connectivity index (χ0) is 18.4. The molecule has 1 heterocycles. The molecule has 1 aromatic carbocycles. The van der Waals surface area contributed by atoms with E-state index in [9.17, 15) is 14.0 Å². The van der Waals surface area contributed by atoms with Crippen LogP contribution in [-0.4, -0.2) is 28.4 Å². The van der Waals surface area contributed by atoms with Crippen LogP contribution in [0.15, 0.2) is 41.3 Å². The van der Waals surface area contributed by atoms with Gasteiger partial charge in [-0.05, 0) is 44.5 Å². The van der Waals surface area contributed by atoms with Crippen molar-refractivity contribution in [1.29, 1.82) is 0 Å². The smallest absolute Gasteiger partial charge is 0.314 e. The van der Waals surface area contributed by atoms with Crippen LogP contribution in [0.4, 0.5) is 9.18 Å². The van der Waals surface area contributed by atoms with Crippen LogP contribution in [0, 0.1) is 5.82 Å². The first-order chi connectivity index (χ1) is 11.9. The molecule has 2 aromatic rings. The van der Waals surface area contributed by atoms with E-state index in [1.807, 2.05) is 13.8 Å². The summed E-state index contributed by atoms with van der Waals surface area (Å²) in [5, 5.41) is 9.62. The van der Waals surface area contributed by atoms with Gasteiger partial charge in [-0.15, -0.1) is 0 Å². The molecule has 0 saturated heterocycles. The highest BCUT2D eigenvalue weighted by Gasteiger charge is 2.14. The average Bonchev–Trinajstić information content (AvgIpc) is 2.55. The van der Waals surface area contributed by atoms with Crippen molar-refractivity contribution in [2.75, 3.05) is 6.54 Å². The number of nitrogens with zero attached hydrogens (tertiary/aromatic N) is 2. The van der Waals surface area contributed by atoms with Gasteiger partial charge in [0.2, 0.25) is 5.43 Å². The second kappa shape index (κ2) is 8.39. The van der Waals surface area contributed by atoms with Gasteiger partial charge in [-0.25, -0.2) is 13.9 Å². The van der Waals surface area contributed by atoms with Gasteiger partial charge in [0.15, 0.2) is 0 Å². The molecule has 1 unspecified atom stereocenters. The molecule has 0 aliphatic heterocycles. The van der Waals surface area contributed by atoms with E-state index in [2.05, 4.69) is 15.7 Å². The standard InChI is InChI=1S/C17H22FN5O2/c1-11(2)21-17(25)20-9-7-14(19)16-15(24)8-10-23(22-16)13-5-3-12(18)4-6-13/h3-6,8,10-11,14H,7,9,19H2,1-2H3,(H2,20,21,25). The Morgan fingerprint density at radius 3 is 2.60 bits per heavy atom. The number of carbonyl (C=O) groups is 1. The lowest BCUT2D eigenvalue weighted by Crippen LogP contribution is -2.40. The summed E-state index contributed by atoms with van der Waals surface area (Å²) < 4.78 is 14.5. The fourth-order valence-electron chi connectivity index (χ4n) is 2.21. The molecule has 134 valence electrons. The van der Waals surface area contributed by atoms with Crippen molar-refractivity contribution in [2.45, 2.75) is 32.4 Å². The van der Waals surface area contributed by atoms with E-state index in [1.54, 1.807) is 12.1 Å². The highest BCUT2D eigenvalue weighted by Crippen LogP contribution is 2.10. The molecule has 0 aliphatic rings. The van der Waals surface area contributed by atoms with Crippen molar-refractivity contribution in [2.24, 2.45) is 5.73 Å². The molecule has 8 heteroatoms. The predicted molar refractivity (Wildman–Crippen MR) is 93.0 cm³/mol. The molecular weight excluding hydrogens is 325 g/mol. The number of halogens is 1. The predicted octanol–water partition coefficient (Wildman–Crippen LogP) is 1.47. The third-order valence-corrected chi connectivity index (χ3v) is 3.44. The van der Waals surface area contributed by atoms with Gasteiger partial charge in [0, 0.05) is 24.8 Å². The number of carbonyl (C=O) groups excluding carboxylic acids is 1. The normalized spacial score (nSPS) is 12.0. The van der Waals surface area contributed by atoms with E-state index < -0.39 is 6.04 Å². The Bertz CT molecular complexity index is 773. The van der Waals surface area contributed by atoms with Crippen LogP contribution in [0.1, 0.15) is 32.0 Å². The van der Waals surface area contributed by atoms with Gasteiger partial charge in [-0.1, -0.05) is 0 Å². The number of rotatable bonds is 6. The Morgan fingerprint density at radius 2 is 1.96 bits per heavy atom. The van der Waals surface area contributed by atoms with Crippen molar-refractivity contribution >= 4 is 6.03 Å². The summed E-state index contributed by atoms with van der Waals surface area (Å²) in [5.74, 6) is -0.354. The third kappa shape index (κ3) is 5.39. The lowest BCUT2D eigenvalue weighted by molar-refractivity contribution is 0.238. The summed E-state index contributed by atoms with van der Waals surface area (Å²) in [6.45, 7) is 4.03. The number of hydrogen-bond donors (Lipinski definition) is 3. The number of nitrogens with two attached hydrogens (primary N) is 1. The number of urea groups is 1. The quantitative estimate of drug-likeness (QED) is 0.736. The number of benzene rings is 1. The molecule has 25 heavy (non-hydrogen) atoms. The van der Waals surface area contributed by atoms with Gasteiger partial charge in [-0.3, -0.25) is 4.79 Å². The molecular formula is C17H22FN5O2. The van der Waals surface area contributed by atoms with E-state index in [4.69, 9.17) is 5.73 Å². The first-order valence-corrected chi connectivity index (χ1v) is 8.02. The fourth-order valence-corrected chi connectivity index (χ4v) is 2.21. The number of aromatic nitrogens is 2. The first-order valence-electron chi connectivity index (χ1n) is 8.02. The molecule has 0 aliphatic carbocycles. The van der Waals surface area contributed by atoms with Crippen molar-refractivity contribution < 1.29 is 9.18 Å². The summed E-state index contributed by atoms with van der Waals surface area (Å²) in [6.07, 6.45) is 1.86. The van der Waals surface area contributed by atoms with Crippen LogP contribution in [0.5, 0.6) is 0 Å². The zero-order valence-electron chi connectivity index (χ0n) is 14.2. The zero-order valence-corrected chi connectivity index (χ0v) is 14.2. The highest BCUT2D eigenvalue weighted by atomic mass is 19.1. The summed E-state index contributed by atoms with van der Waals surface area (Å²) >= 11 is 0. The molecule has 0 fully saturated rings. The Labute approximate surface area is 145 Å². The Balaban J connectivity index is 2.05. The lowest BCUT2D eigenvalue weighted by Gasteiger charge is -2.14. The largest absolute Gasteiger partial charge is 0.338 e. The van der Waals surface area contributed by atoms with Gasteiger partial charge in [0.1, 0.15) is 11.5 Å². The van der Waals surface area contributed by atoms with Gasteiger partial charge in [-0.2, -0.15) is 5.10 Å². The highest BCUT2D eigenvalue weighted by molar-refractivity contribution is 5.74. The third-order valence-electron chi connectivity index (χ3n) is 3.44. The molecule has 1 atom stereocenters. The van der Waals surface area contributed by atoms with Crippen molar-refractivity contribution in [3.05, 3.63) is 58.3 Å².